The smallest absolute Gasteiger partial charge is 0.324 e. The molecule has 0 bridgehead atoms. The first-order valence-electron chi connectivity index (χ1n) is 11.3. The predicted molar refractivity (Wildman–Crippen MR) is 136 cm³/mol. The van der Waals surface area contributed by atoms with Crippen LogP contribution in [0.5, 0.6) is 0 Å². The molecule has 0 amide bonds. The maximum absolute atomic E-state index is 15.5. The van der Waals surface area contributed by atoms with Gasteiger partial charge in [0.1, 0.15) is 22.9 Å². The van der Waals surface area contributed by atoms with Crippen LogP contribution in [-0.4, -0.2) is 23.7 Å². The van der Waals surface area contributed by atoms with Gasteiger partial charge in [-0.3, -0.25) is 10.1 Å². The number of hydrogen-bond donors (Lipinski definition) is 1. The number of nitrogens with zero attached hydrogens (tertiary/aromatic N) is 1. The van der Waals surface area contributed by atoms with Gasteiger partial charge in [0.2, 0.25) is 0 Å². The second-order valence-electron chi connectivity index (χ2n) is 11.1. The fraction of sp³-hybridized carbons (Fsp3) is 0.481. The van der Waals surface area contributed by atoms with Crippen molar-refractivity contribution in [1.82, 2.24) is 5.32 Å². The van der Waals surface area contributed by atoms with E-state index in [9.17, 15) is 10.1 Å². The van der Waals surface area contributed by atoms with Crippen molar-refractivity contribution in [1.29, 1.82) is 5.26 Å². The Hall–Kier alpha value is -1.94. The van der Waals surface area contributed by atoms with Crippen molar-refractivity contribution in [3.8, 4) is 6.07 Å². The molecule has 2 aromatic carbocycles. The molecule has 1 aliphatic heterocycles. The third-order valence-corrected chi connectivity index (χ3v) is 6.88. The standard InChI is InChI=1S/C27H31BrClFN2O2/c1-25(2,3)14-20-27(15-31,16-10-12-17(28)13-11-16)21(18-8-7-9-19(29)22(18)30)23(32-20)24(33)34-26(4,5)6/h7-13,20-21,23,32H,14H2,1-6H3/t20-,21-,23+,27-/m0/s1. The third-order valence-electron chi connectivity index (χ3n) is 6.05. The molecule has 1 heterocycles. The van der Waals surface area contributed by atoms with E-state index in [0.717, 1.165) is 4.47 Å². The van der Waals surface area contributed by atoms with Crippen LogP contribution in [0.15, 0.2) is 46.9 Å². The minimum Gasteiger partial charge on any atom is -0.459 e. The Kier molecular flexibility index (Phi) is 7.53. The molecular formula is C27H31BrClFN2O2. The van der Waals surface area contributed by atoms with Crippen LogP contribution in [0.3, 0.4) is 0 Å². The largest absolute Gasteiger partial charge is 0.459 e. The van der Waals surface area contributed by atoms with Gasteiger partial charge in [0, 0.05) is 16.4 Å². The van der Waals surface area contributed by atoms with Gasteiger partial charge in [-0.25, -0.2) is 4.39 Å². The highest BCUT2D eigenvalue weighted by atomic mass is 79.9. The molecule has 1 saturated heterocycles. The quantitative estimate of drug-likeness (QED) is 0.421. The summed E-state index contributed by atoms with van der Waals surface area (Å²) in [6, 6.07) is 13.3. The second-order valence-corrected chi connectivity index (χ2v) is 12.4. The number of nitrogens with one attached hydrogen (secondary N) is 1. The topological polar surface area (TPSA) is 62.1 Å². The summed E-state index contributed by atoms with van der Waals surface area (Å²) in [5.41, 5.74) is -1.24. The van der Waals surface area contributed by atoms with Crippen LogP contribution >= 0.6 is 27.5 Å². The van der Waals surface area contributed by atoms with E-state index >= 15 is 4.39 Å². The van der Waals surface area contributed by atoms with Crippen LogP contribution in [0.2, 0.25) is 5.02 Å². The van der Waals surface area contributed by atoms with E-state index in [1.165, 1.54) is 6.07 Å². The number of esters is 1. The molecule has 4 nitrogen and oxygen atoms in total. The fourth-order valence-electron chi connectivity index (χ4n) is 4.83. The van der Waals surface area contributed by atoms with Gasteiger partial charge in [-0.05, 0) is 61.9 Å². The van der Waals surface area contributed by atoms with Crippen LogP contribution in [-0.2, 0) is 14.9 Å². The van der Waals surface area contributed by atoms with Crippen molar-refractivity contribution in [2.24, 2.45) is 5.41 Å². The van der Waals surface area contributed by atoms with Crippen LogP contribution in [0.25, 0.3) is 0 Å². The lowest BCUT2D eigenvalue weighted by atomic mass is 9.63. The van der Waals surface area contributed by atoms with Crippen LogP contribution < -0.4 is 5.32 Å². The highest BCUT2D eigenvalue weighted by Gasteiger charge is 2.61. The summed E-state index contributed by atoms with van der Waals surface area (Å²) in [5.74, 6) is -2.01. The summed E-state index contributed by atoms with van der Waals surface area (Å²) in [5, 5.41) is 14.2. The van der Waals surface area contributed by atoms with Crippen molar-refractivity contribution >= 4 is 33.5 Å². The van der Waals surface area contributed by atoms with Gasteiger partial charge in [-0.2, -0.15) is 5.26 Å². The zero-order chi connectivity index (χ0) is 25.5. The monoisotopic (exact) mass is 548 g/mol. The summed E-state index contributed by atoms with van der Waals surface area (Å²) in [4.78, 5) is 13.5. The van der Waals surface area contributed by atoms with E-state index in [1.807, 2.05) is 24.3 Å². The Labute approximate surface area is 215 Å². The highest BCUT2D eigenvalue weighted by molar-refractivity contribution is 9.10. The molecule has 0 saturated carbocycles. The molecule has 1 fully saturated rings. The van der Waals surface area contributed by atoms with Crippen molar-refractivity contribution in [2.75, 3.05) is 0 Å². The lowest BCUT2D eigenvalue weighted by molar-refractivity contribution is -0.157. The Bertz CT molecular complexity index is 1100. The van der Waals surface area contributed by atoms with Crippen molar-refractivity contribution in [2.45, 2.75) is 77.0 Å². The van der Waals surface area contributed by atoms with E-state index in [1.54, 1.807) is 32.9 Å². The molecule has 1 aliphatic rings. The number of rotatable bonds is 4. The van der Waals surface area contributed by atoms with Crippen molar-refractivity contribution in [3.05, 3.63) is 68.9 Å². The molecule has 0 spiro atoms. The Morgan fingerprint density at radius 2 is 1.79 bits per heavy atom. The van der Waals surface area contributed by atoms with E-state index in [-0.39, 0.29) is 16.0 Å². The third kappa shape index (κ3) is 5.32. The number of halogens is 3. The molecule has 182 valence electrons. The number of benzene rings is 2. The molecule has 34 heavy (non-hydrogen) atoms. The molecule has 0 aromatic heterocycles. The molecule has 2 aromatic rings. The number of carbonyl (C=O) groups excluding carboxylic acids is 1. The van der Waals surface area contributed by atoms with Crippen LogP contribution in [0.4, 0.5) is 4.39 Å². The van der Waals surface area contributed by atoms with Gasteiger partial charge < -0.3 is 4.74 Å². The van der Waals surface area contributed by atoms with Gasteiger partial charge >= 0.3 is 5.97 Å². The van der Waals surface area contributed by atoms with Gasteiger partial charge in [-0.15, -0.1) is 0 Å². The first-order chi connectivity index (χ1) is 15.7. The number of hydrogen-bond acceptors (Lipinski definition) is 4. The first kappa shape index (κ1) is 26.7. The number of nitriles is 1. The zero-order valence-electron chi connectivity index (χ0n) is 20.4. The maximum Gasteiger partial charge on any atom is 0.324 e. The average molecular weight is 550 g/mol. The lowest BCUT2D eigenvalue weighted by Gasteiger charge is -2.37. The Balaban J connectivity index is 2.32. The fourth-order valence-corrected chi connectivity index (χ4v) is 5.28. The summed E-state index contributed by atoms with van der Waals surface area (Å²) in [6.45, 7) is 11.6. The molecule has 0 radical (unpaired) electrons. The second kappa shape index (κ2) is 9.60. The van der Waals surface area contributed by atoms with Crippen LogP contribution in [0, 0.1) is 22.6 Å². The first-order valence-corrected chi connectivity index (χ1v) is 12.5. The molecular weight excluding hydrogens is 519 g/mol. The zero-order valence-corrected chi connectivity index (χ0v) is 22.7. The highest BCUT2D eigenvalue weighted by Crippen LogP contribution is 2.52. The van der Waals surface area contributed by atoms with Gasteiger partial charge in [-0.1, -0.05) is 72.6 Å². The van der Waals surface area contributed by atoms with Gasteiger partial charge in [0.05, 0.1) is 11.1 Å². The molecule has 4 atom stereocenters. The molecule has 0 aliphatic carbocycles. The molecule has 1 N–H and O–H groups in total. The minimum atomic E-state index is -1.25. The van der Waals surface area contributed by atoms with E-state index in [2.05, 4.69) is 48.1 Å². The average Bonchev–Trinajstić information content (AvgIpc) is 3.02. The maximum atomic E-state index is 15.5. The summed E-state index contributed by atoms with van der Waals surface area (Å²) < 4.78 is 22.1. The summed E-state index contributed by atoms with van der Waals surface area (Å²) >= 11 is 9.63. The van der Waals surface area contributed by atoms with E-state index in [4.69, 9.17) is 16.3 Å². The normalized spacial score (nSPS) is 25.1. The summed E-state index contributed by atoms with van der Waals surface area (Å²) in [6.07, 6.45) is 0.578. The SMILES string of the molecule is CC(C)(C)C[C@@H]1N[C@@H](C(=O)OC(C)(C)C)[C@H](c2cccc(Cl)c2F)[C@@]1(C#N)c1ccc(Br)cc1. The van der Waals surface area contributed by atoms with Gasteiger partial charge in [0.25, 0.3) is 0 Å². The number of carbonyl (C=O) groups is 1. The summed E-state index contributed by atoms with van der Waals surface area (Å²) in [7, 11) is 0. The predicted octanol–water partition coefficient (Wildman–Crippen LogP) is 6.91. The van der Waals surface area contributed by atoms with Crippen LogP contribution in [0.1, 0.15) is 65.0 Å². The van der Waals surface area contributed by atoms with Crippen molar-refractivity contribution < 1.29 is 13.9 Å². The molecule has 3 rings (SSSR count). The minimum absolute atomic E-state index is 0.0534. The molecule has 0 unspecified atom stereocenters. The van der Waals surface area contributed by atoms with Crippen molar-refractivity contribution in [3.63, 3.8) is 0 Å². The molecule has 7 heteroatoms. The van der Waals surface area contributed by atoms with Gasteiger partial charge in [0.15, 0.2) is 0 Å². The Morgan fingerprint density at radius 3 is 2.32 bits per heavy atom. The van der Waals surface area contributed by atoms with E-state index in [0.29, 0.717) is 12.0 Å². The Morgan fingerprint density at radius 1 is 1.18 bits per heavy atom. The lowest BCUT2D eigenvalue weighted by Crippen LogP contribution is -2.44. The van der Waals surface area contributed by atoms with E-state index < -0.39 is 40.8 Å². The number of ether oxygens (including phenoxy) is 1.